The third kappa shape index (κ3) is 6.22. The minimum atomic E-state index is -0.251. The van der Waals surface area contributed by atoms with Gasteiger partial charge in [-0.3, -0.25) is 0 Å². The van der Waals surface area contributed by atoms with Gasteiger partial charge in [-0.2, -0.15) is 4.80 Å². The van der Waals surface area contributed by atoms with Crippen LogP contribution in [0.5, 0.6) is 11.5 Å². The molecule has 7 rings (SSSR count). The fourth-order valence-corrected chi connectivity index (χ4v) is 6.86. The van der Waals surface area contributed by atoms with Gasteiger partial charge in [-0.05, 0) is 94.8 Å². The van der Waals surface area contributed by atoms with E-state index in [0.717, 1.165) is 74.5 Å². The molecule has 3 aromatic carbocycles. The van der Waals surface area contributed by atoms with E-state index in [-0.39, 0.29) is 23.8 Å². The number of aromatic nitrogens is 8. The highest BCUT2D eigenvalue weighted by Gasteiger charge is 2.37. The molecular weight excluding hydrogens is 559 g/mol. The molecule has 2 aliphatic rings. The highest BCUT2D eigenvalue weighted by molar-refractivity contribution is 5.34. The van der Waals surface area contributed by atoms with Crippen molar-refractivity contribution in [3.05, 3.63) is 108 Å². The summed E-state index contributed by atoms with van der Waals surface area (Å²) >= 11 is 0. The summed E-state index contributed by atoms with van der Waals surface area (Å²) in [4.78, 5) is 1.68. The second-order valence-corrected chi connectivity index (χ2v) is 11.6. The Morgan fingerprint density at radius 1 is 0.705 bits per heavy atom. The van der Waals surface area contributed by atoms with E-state index < -0.39 is 0 Å². The van der Waals surface area contributed by atoms with E-state index in [4.69, 9.17) is 4.74 Å². The summed E-state index contributed by atoms with van der Waals surface area (Å²) in [6, 6.07) is 24.6. The number of hydrazine groups is 1. The number of ether oxygens (including phenoxy) is 1. The number of halogens is 1. The Kier molecular flexibility index (Phi) is 8.33. The smallest absolute Gasteiger partial charge is 0.162 e. The molecule has 4 heterocycles. The van der Waals surface area contributed by atoms with E-state index in [9.17, 15) is 4.39 Å². The number of nitrogens with zero attached hydrogens (tertiary/aromatic N) is 10. The molecule has 2 saturated heterocycles. The molecule has 0 spiro atoms. The summed E-state index contributed by atoms with van der Waals surface area (Å²) in [6.07, 6.45) is 7.41. The number of rotatable bonds is 9. The van der Waals surface area contributed by atoms with E-state index in [1.807, 2.05) is 59.3 Å². The van der Waals surface area contributed by atoms with Gasteiger partial charge in [-0.25, -0.2) is 19.1 Å². The summed E-state index contributed by atoms with van der Waals surface area (Å²) in [7, 11) is 0. The molecule has 2 unspecified atom stereocenters. The van der Waals surface area contributed by atoms with E-state index in [1.165, 1.54) is 18.5 Å². The van der Waals surface area contributed by atoms with E-state index in [0.29, 0.717) is 5.92 Å². The molecule has 2 aromatic heterocycles. The van der Waals surface area contributed by atoms with Crippen molar-refractivity contribution in [1.29, 1.82) is 0 Å². The van der Waals surface area contributed by atoms with Crippen LogP contribution in [-0.2, 0) is 0 Å². The zero-order valence-corrected chi connectivity index (χ0v) is 24.4. The van der Waals surface area contributed by atoms with Crippen LogP contribution < -0.4 is 4.74 Å². The fraction of sp³-hybridized carbons (Fsp3) is 0.375. The third-order valence-corrected chi connectivity index (χ3v) is 8.84. The molecule has 11 nitrogen and oxygen atoms in total. The minimum absolute atomic E-state index is 0.00882. The zero-order valence-electron chi connectivity index (χ0n) is 24.4. The second-order valence-electron chi connectivity index (χ2n) is 11.6. The summed E-state index contributed by atoms with van der Waals surface area (Å²) in [5.74, 6) is 1.90. The van der Waals surface area contributed by atoms with Crippen LogP contribution >= 0.6 is 0 Å². The van der Waals surface area contributed by atoms with Crippen LogP contribution in [0.25, 0.3) is 0 Å². The van der Waals surface area contributed by atoms with E-state index >= 15 is 0 Å². The highest BCUT2D eigenvalue weighted by Crippen LogP contribution is 2.37. The summed E-state index contributed by atoms with van der Waals surface area (Å²) in [5, 5.41) is 29.9. The van der Waals surface area contributed by atoms with Gasteiger partial charge in [0.2, 0.25) is 0 Å². The Labute approximate surface area is 255 Å². The fourth-order valence-electron chi connectivity index (χ4n) is 6.86. The number of benzene rings is 3. The van der Waals surface area contributed by atoms with Crippen molar-refractivity contribution in [3.63, 3.8) is 0 Å². The van der Waals surface area contributed by atoms with Crippen LogP contribution in [0.1, 0.15) is 48.9 Å². The molecule has 0 saturated carbocycles. The number of hydrogen-bond acceptors (Lipinski definition) is 9. The molecule has 0 N–H and O–H groups in total. The van der Waals surface area contributed by atoms with Crippen LogP contribution in [0, 0.1) is 17.7 Å². The van der Waals surface area contributed by atoms with Crippen molar-refractivity contribution in [2.75, 3.05) is 26.2 Å². The van der Waals surface area contributed by atoms with Gasteiger partial charge in [0.05, 0.1) is 6.04 Å². The number of para-hydroxylation sites is 1. The van der Waals surface area contributed by atoms with Crippen LogP contribution in [-0.4, -0.2) is 76.6 Å². The van der Waals surface area contributed by atoms with Crippen LogP contribution in [0.15, 0.2) is 91.5 Å². The maximum absolute atomic E-state index is 13.8. The first-order valence-corrected chi connectivity index (χ1v) is 15.2. The van der Waals surface area contributed by atoms with Crippen molar-refractivity contribution >= 4 is 0 Å². The average Bonchev–Trinajstić information content (AvgIpc) is 3.80. The van der Waals surface area contributed by atoms with Gasteiger partial charge in [0.1, 0.15) is 29.7 Å². The molecule has 12 heteroatoms. The zero-order chi connectivity index (χ0) is 29.7. The number of piperidine rings is 2. The summed E-state index contributed by atoms with van der Waals surface area (Å²) in [6.45, 7) is 3.74. The predicted octanol–water partition coefficient (Wildman–Crippen LogP) is 4.81. The lowest BCUT2D eigenvalue weighted by molar-refractivity contribution is -0.0883. The van der Waals surface area contributed by atoms with Gasteiger partial charge in [-0.15, -0.1) is 15.3 Å². The molecule has 5 aromatic rings. The Morgan fingerprint density at radius 3 is 1.98 bits per heavy atom. The van der Waals surface area contributed by atoms with Gasteiger partial charge in [0, 0.05) is 32.1 Å². The van der Waals surface area contributed by atoms with Crippen molar-refractivity contribution < 1.29 is 9.13 Å². The lowest BCUT2D eigenvalue weighted by Gasteiger charge is -2.46. The number of hydrogen-bond donors (Lipinski definition) is 0. The van der Waals surface area contributed by atoms with Crippen LogP contribution in [0.3, 0.4) is 0 Å². The Bertz CT molecular complexity index is 1580. The van der Waals surface area contributed by atoms with Crippen molar-refractivity contribution in [1.82, 2.24) is 50.4 Å². The molecular formula is C32H35FN10O. The predicted molar refractivity (Wildman–Crippen MR) is 160 cm³/mol. The van der Waals surface area contributed by atoms with Gasteiger partial charge in [0.15, 0.2) is 6.33 Å². The van der Waals surface area contributed by atoms with Crippen LogP contribution in [0.4, 0.5) is 4.39 Å². The van der Waals surface area contributed by atoms with Gasteiger partial charge >= 0.3 is 0 Å². The molecule has 2 fully saturated rings. The third-order valence-electron chi connectivity index (χ3n) is 8.84. The van der Waals surface area contributed by atoms with Gasteiger partial charge < -0.3 is 4.74 Å². The average molecular weight is 595 g/mol. The molecule has 2 aliphatic heterocycles. The molecule has 4 atom stereocenters. The molecule has 0 bridgehead atoms. The quantitative estimate of drug-likeness (QED) is 0.238. The van der Waals surface area contributed by atoms with Gasteiger partial charge in [0.25, 0.3) is 0 Å². The highest BCUT2D eigenvalue weighted by atomic mass is 19.1. The molecule has 0 aliphatic carbocycles. The topological polar surface area (TPSA) is 103 Å². The first-order valence-electron chi connectivity index (χ1n) is 15.2. The summed E-state index contributed by atoms with van der Waals surface area (Å²) in [5.41, 5.74) is 2.14. The normalized spacial score (nSPS) is 21.1. The lowest BCUT2D eigenvalue weighted by atomic mass is 9.85. The first-order chi connectivity index (χ1) is 21.7. The Hall–Kier alpha value is -4.55. The molecule has 0 amide bonds. The Morgan fingerprint density at radius 2 is 1.34 bits per heavy atom. The minimum Gasteiger partial charge on any atom is -0.457 e. The maximum Gasteiger partial charge on any atom is 0.162 e. The van der Waals surface area contributed by atoms with Crippen molar-refractivity contribution in [2.24, 2.45) is 11.8 Å². The number of tetrazole rings is 2. The summed E-state index contributed by atoms with van der Waals surface area (Å²) < 4.78 is 21.7. The van der Waals surface area contributed by atoms with E-state index in [1.54, 1.807) is 11.1 Å². The van der Waals surface area contributed by atoms with Crippen molar-refractivity contribution in [2.45, 2.75) is 37.8 Å². The molecule has 226 valence electrons. The Balaban J connectivity index is 1.09. The van der Waals surface area contributed by atoms with Crippen LogP contribution in [0.2, 0.25) is 0 Å². The van der Waals surface area contributed by atoms with E-state index in [2.05, 4.69) is 53.1 Å². The standard InChI is InChI=1S/C32H35FN10O/c33-28-14-10-25(11-15-28)32(43-36-22-34-38-43)27-7-5-19-41(21-27)40-18-4-6-26(20-40)31(42-23-35-37-39-42)24-12-16-30(17-13-24)44-29-8-2-1-3-9-29/h1-3,8-17,22-23,26-27,31-32H,4-7,18-21H2/t26-,27-,31?,32?/m0/s1. The monoisotopic (exact) mass is 594 g/mol. The van der Waals surface area contributed by atoms with Gasteiger partial charge in [-0.1, -0.05) is 42.5 Å². The largest absolute Gasteiger partial charge is 0.457 e. The molecule has 0 radical (unpaired) electrons. The molecule has 44 heavy (non-hydrogen) atoms. The maximum atomic E-state index is 13.8. The lowest BCUT2D eigenvalue weighted by Crippen LogP contribution is -2.53. The SMILES string of the molecule is Fc1ccc(C([C@H]2CCCN(N3CCC[C@H](C(c4ccc(Oc5ccccc5)cc4)n4cnnn4)C3)C2)n2ncnn2)cc1. The van der Waals surface area contributed by atoms with Crippen molar-refractivity contribution in [3.8, 4) is 11.5 Å². The first kappa shape index (κ1) is 28.2. The second kappa shape index (κ2) is 13.0.